The van der Waals surface area contributed by atoms with Crippen molar-refractivity contribution in [2.75, 3.05) is 19.0 Å². The molecule has 0 spiro atoms. The van der Waals surface area contributed by atoms with Gasteiger partial charge >= 0.3 is 0 Å². The van der Waals surface area contributed by atoms with Crippen LogP contribution in [0.25, 0.3) is 21.9 Å². The van der Waals surface area contributed by atoms with Gasteiger partial charge in [-0.05, 0) is 63.9 Å². The summed E-state index contributed by atoms with van der Waals surface area (Å²) < 4.78 is 6.63. The maximum absolute atomic E-state index is 6.63. The van der Waals surface area contributed by atoms with E-state index in [-0.39, 0.29) is 0 Å². The van der Waals surface area contributed by atoms with Crippen LogP contribution in [0.1, 0.15) is 5.56 Å². The molecular weight excluding hydrogens is 505 g/mol. The van der Waals surface area contributed by atoms with E-state index in [0.29, 0.717) is 6.61 Å². The van der Waals surface area contributed by atoms with Crippen molar-refractivity contribution in [2.45, 2.75) is 6.61 Å². The van der Waals surface area contributed by atoms with E-state index in [1.165, 1.54) is 32.2 Å². The van der Waals surface area contributed by atoms with Crippen LogP contribution in [0, 0.1) is 0 Å². The van der Waals surface area contributed by atoms with Crippen molar-refractivity contribution in [3.05, 3.63) is 151 Å². The summed E-state index contributed by atoms with van der Waals surface area (Å²) in [5.41, 5.74) is 4.67. The Kier molecular flexibility index (Phi) is 7.62. The van der Waals surface area contributed by atoms with Gasteiger partial charge < -0.3 is 9.64 Å². The van der Waals surface area contributed by atoms with Gasteiger partial charge in [-0.2, -0.15) is 0 Å². The second kappa shape index (κ2) is 11.8. The van der Waals surface area contributed by atoms with Gasteiger partial charge in [0.05, 0.1) is 0 Å². The van der Waals surface area contributed by atoms with Crippen LogP contribution >= 0.6 is 7.92 Å². The van der Waals surface area contributed by atoms with Crippen molar-refractivity contribution in [3.8, 4) is 16.9 Å². The third-order valence-corrected chi connectivity index (χ3v) is 9.66. The first-order valence-electron chi connectivity index (χ1n) is 13.6. The van der Waals surface area contributed by atoms with Crippen LogP contribution in [0.3, 0.4) is 0 Å². The van der Waals surface area contributed by atoms with E-state index in [2.05, 4.69) is 159 Å². The molecule has 0 saturated heterocycles. The van der Waals surface area contributed by atoms with E-state index in [4.69, 9.17) is 4.74 Å². The lowest BCUT2D eigenvalue weighted by atomic mass is 9.96. The molecule has 6 aromatic rings. The summed E-state index contributed by atoms with van der Waals surface area (Å²) in [6, 6.07) is 52.1. The monoisotopic (exact) mass is 537 g/mol. The van der Waals surface area contributed by atoms with Crippen LogP contribution in [-0.2, 0) is 6.61 Å². The van der Waals surface area contributed by atoms with E-state index in [9.17, 15) is 0 Å². The minimum absolute atomic E-state index is 0.515. The van der Waals surface area contributed by atoms with Gasteiger partial charge in [-0.15, -0.1) is 0 Å². The van der Waals surface area contributed by atoms with Gasteiger partial charge in [0.1, 0.15) is 12.4 Å². The van der Waals surface area contributed by atoms with Crippen LogP contribution in [0.4, 0.5) is 5.69 Å². The van der Waals surface area contributed by atoms with Crippen molar-refractivity contribution in [2.24, 2.45) is 0 Å². The first kappa shape index (κ1) is 25.9. The van der Waals surface area contributed by atoms with E-state index in [1.807, 2.05) is 6.07 Å². The van der Waals surface area contributed by atoms with E-state index >= 15 is 0 Å². The van der Waals surface area contributed by atoms with Crippen LogP contribution in [0.15, 0.2) is 146 Å². The number of fused-ring (bicyclic) bond motifs is 1. The Morgan fingerprint density at radius 2 is 1.20 bits per heavy atom. The van der Waals surface area contributed by atoms with Crippen molar-refractivity contribution in [1.82, 2.24) is 0 Å². The number of hydrogen-bond donors (Lipinski definition) is 0. The normalized spacial score (nSPS) is 11.1. The summed E-state index contributed by atoms with van der Waals surface area (Å²) in [5.74, 6) is 0.899. The molecule has 40 heavy (non-hydrogen) atoms. The molecule has 0 amide bonds. The van der Waals surface area contributed by atoms with Gasteiger partial charge in [0.2, 0.25) is 0 Å². The smallest absolute Gasteiger partial charge is 0.128 e. The fourth-order valence-corrected chi connectivity index (χ4v) is 7.60. The molecule has 0 saturated carbocycles. The zero-order valence-electron chi connectivity index (χ0n) is 22.9. The molecule has 0 fully saturated rings. The molecule has 0 aliphatic rings. The first-order chi connectivity index (χ1) is 19.7. The highest BCUT2D eigenvalue weighted by atomic mass is 31.1. The highest BCUT2D eigenvalue weighted by molar-refractivity contribution is 7.80. The molecule has 6 rings (SSSR count). The molecule has 0 aromatic heterocycles. The topological polar surface area (TPSA) is 12.5 Å². The Hall–Kier alpha value is -4.39. The number of anilines is 1. The highest BCUT2D eigenvalue weighted by Crippen LogP contribution is 2.44. The van der Waals surface area contributed by atoms with Crippen LogP contribution in [0.2, 0.25) is 0 Å². The zero-order chi connectivity index (χ0) is 27.3. The molecule has 6 aromatic carbocycles. The van der Waals surface area contributed by atoms with Gasteiger partial charge in [-0.3, -0.25) is 0 Å². The van der Waals surface area contributed by atoms with Gasteiger partial charge in [-0.25, -0.2) is 0 Å². The molecule has 2 nitrogen and oxygen atoms in total. The minimum Gasteiger partial charge on any atom is -0.488 e. The average Bonchev–Trinajstić information content (AvgIpc) is 3.01. The highest BCUT2D eigenvalue weighted by Gasteiger charge is 2.24. The summed E-state index contributed by atoms with van der Waals surface area (Å²) in [4.78, 5) is 2.18. The Bertz CT molecular complexity index is 1680. The standard InChI is InChI=1S/C37H32NOP/c1-38(2)30-23-25-36(40(31-17-8-4-9-18-31)32-19-10-5-11-20-32)34(26-30)37-33-21-13-12-16-29(33)22-24-35(37)39-27-28-14-6-3-7-15-28/h3-26H,27H2,1-2H3. The molecule has 3 heteroatoms. The molecule has 196 valence electrons. The lowest BCUT2D eigenvalue weighted by Gasteiger charge is -2.26. The zero-order valence-corrected chi connectivity index (χ0v) is 23.8. The van der Waals surface area contributed by atoms with Crippen molar-refractivity contribution in [1.29, 1.82) is 0 Å². The largest absolute Gasteiger partial charge is 0.488 e. The number of rotatable bonds is 8. The fourth-order valence-electron chi connectivity index (χ4n) is 5.16. The average molecular weight is 538 g/mol. The molecule has 0 unspecified atom stereocenters. The Labute approximate surface area is 238 Å². The molecule has 0 atom stereocenters. The number of benzene rings is 6. The molecule has 0 aliphatic heterocycles. The predicted octanol–water partition coefficient (Wildman–Crippen LogP) is 7.91. The minimum atomic E-state index is -0.817. The van der Waals surface area contributed by atoms with Crippen molar-refractivity contribution >= 4 is 40.3 Å². The summed E-state index contributed by atoms with van der Waals surface area (Å²) in [5, 5.41) is 6.37. The second-order valence-electron chi connectivity index (χ2n) is 10.0. The first-order valence-corrected chi connectivity index (χ1v) is 14.9. The summed E-state index contributed by atoms with van der Waals surface area (Å²) in [7, 11) is 3.39. The summed E-state index contributed by atoms with van der Waals surface area (Å²) in [6.07, 6.45) is 0. The molecule has 0 heterocycles. The van der Waals surface area contributed by atoms with Crippen LogP contribution < -0.4 is 25.6 Å². The molecule has 0 N–H and O–H groups in total. The third kappa shape index (κ3) is 5.37. The Morgan fingerprint density at radius 1 is 0.600 bits per heavy atom. The fraction of sp³-hybridized carbons (Fsp3) is 0.0811. The number of ether oxygens (including phenoxy) is 1. The van der Waals surface area contributed by atoms with Gasteiger partial charge in [0.15, 0.2) is 0 Å². The maximum atomic E-state index is 6.63. The molecule has 0 bridgehead atoms. The van der Waals surface area contributed by atoms with E-state index < -0.39 is 7.92 Å². The Morgan fingerprint density at radius 3 is 1.85 bits per heavy atom. The van der Waals surface area contributed by atoms with Crippen LogP contribution in [0.5, 0.6) is 5.75 Å². The molecular formula is C37H32NOP. The summed E-state index contributed by atoms with van der Waals surface area (Å²) >= 11 is 0. The quantitative estimate of drug-likeness (QED) is 0.183. The van der Waals surface area contributed by atoms with Gasteiger partial charge in [0, 0.05) is 25.3 Å². The van der Waals surface area contributed by atoms with Crippen molar-refractivity contribution < 1.29 is 4.74 Å². The summed E-state index contributed by atoms with van der Waals surface area (Å²) in [6.45, 7) is 0.515. The lowest BCUT2D eigenvalue weighted by molar-refractivity contribution is 0.308. The van der Waals surface area contributed by atoms with Crippen LogP contribution in [-0.4, -0.2) is 14.1 Å². The lowest BCUT2D eigenvalue weighted by Crippen LogP contribution is -2.23. The van der Waals surface area contributed by atoms with Gasteiger partial charge in [-0.1, -0.05) is 127 Å². The SMILES string of the molecule is CN(C)c1ccc(P(c2ccccc2)c2ccccc2)c(-c2c(OCc3ccccc3)ccc3ccccc23)c1. The number of nitrogens with zero attached hydrogens (tertiary/aromatic N) is 1. The molecule has 0 aliphatic carbocycles. The predicted molar refractivity (Wildman–Crippen MR) is 173 cm³/mol. The van der Waals surface area contributed by atoms with E-state index in [1.54, 1.807) is 0 Å². The second-order valence-corrected chi connectivity index (χ2v) is 12.2. The van der Waals surface area contributed by atoms with Crippen molar-refractivity contribution in [3.63, 3.8) is 0 Å². The Balaban J connectivity index is 1.61. The molecule has 0 radical (unpaired) electrons. The number of hydrogen-bond acceptors (Lipinski definition) is 2. The van der Waals surface area contributed by atoms with Gasteiger partial charge in [0.25, 0.3) is 0 Å². The maximum Gasteiger partial charge on any atom is 0.128 e. The third-order valence-electron chi connectivity index (χ3n) is 7.16. The van der Waals surface area contributed by atoms with E-state index in [0.717, 1.165) is 22.6 Å².